The van der Waals surface area contributed by atoms with Gasteiger partial charge in [-0.15, -0.1) is 0 Å². The molecule has 0 aromatic heterocycles. The zero-order valence-corrected chi connectivity index (χ0v) is 22.9. The number of ether oxygens (including phenoxy) is 4. The summed E-state index contributed by atoms with van der Waals surface area (Å²) in [6, 6.07) is 6.96. The summed E-state index contributed by atoms with van der Waals surface area (Å²) in [5.74, 6) is 1.11. The Kier molecular flexibility index (Phi) is 18.2. The molecule has 1 atom stereocenters. The lowest BCUT2D eigenvalue weighted by Gasteiger charge is -2.16. The Morgan fingerprint density at radius 3 is 2.13 bits per heavy atom. The Morgan fingerprint density at radius 2 is 1.42 bits per heavy atom. The predicted molar refractivity (Wildman–Crippen MR) is 147 cm³/mol. The van der Waals surface area contributed by atoms with Gasteiger partial charge in [-0.3, -0.25) is 9.59 Å². The van der Waals surface area contributed by atoms with Crippen molar-refractivity contribution in [3.63, 3.8) is 0 Å². The van der Waals surface area contributed by atoms with Crippen LogP contribution in [0.5, 0.6) is 5.75 Å². The maximum atomic E-state index is 12.2. The number of benzene rings is 1. The minimum absolute atomic E-state index is 0.0464. The van der Waals surface area contributed by atoms with Crippen LogP contribution < -0.4 is 5.32 Å². The highest BCUT2D eigenvalue weighted by atomic mass is 16.6. The second-order valence-corrected chi connectivity index (χ2v) is 9.66. The van der Waals surface area contributed by atoms with E-state index in [0.717, 1.165) is 37.7 Å². The van der Waals surface area contributed by atoms with Crippen molar-refractivity contribution in [2.45, 2.75) is 64.2 Å². The van der Waals surface area contributed by atoms with Crippen molar-refractivity contribution in [2.24, 2.45) is 5.92 Å². The molecule has 0 aliphatic heterocycles. The van der Waals surface area contributed by atoms with Gasteiger partial charge in [-0.2, -0.15) is 0 Å². The number of Topliss-reactive ketones (excluding diaryl/α,β-unsaturated/α-hetero) is 1. The number of phenolic OH excluding ortho intramolecular Hbond substituents is 1. The fraction of sp³-hybridized carbons (Fsp3) is 0.667. The third-order valence-corrected chi connectivity index (χ3v) is 6.41. The number of ketones is 1. The van der Waals surface area contributed by atoms with Gasteiger partial charge in [0, 0.05) is 32.4 Å². The molecule has 8 nitrogen and oxygen atoms in total. The van der Waals surface area contributed by atoms with E-state index in [9.17, 15) is 14.7 Å². The molecule has 0 heterocycles. The molecule has 214 valence electrons. The van der Waals surface area contributed by atoms with E-state index in [0.29, 0.717) is 90.4 Å². The van der Waals surface area contributed by atoms with E-state index in [1.165, 1.54) is 12.8 Å². The van der Waals surface area contributed by atoms with Crippen LogP contribution >= 0.6 is 0 Å². The van der Waals surface area contributed by atoms with Crippen molar-refractivity contribution in [1.29, 1.82) is 0 Å². The molecule has 1 amide bonds. The largest absolute Gasteiger partial charge is 0.508 e. The van der Waals surface area contributed by atoms with Gasteiger partial charge in [-0.05, 0) is 68.6 Å². The Labute approximate surface area is 228 Å². The number of phenols is 1. The first-order valence-corrected chi connectivity index (χ1v) is 14.2. The second-order valence-electron chi connectivity index (χ2n) is 9.66. The maximum Gasteiger partial charge on any atom is 0.222 e. The average Bonchev–Trinajstić information content (AvgIpc) is 2.89. The predicted octanol–water partition coefficient (Wildman–Crippen LogP) is 4.38. The van der Waals surface area contributed by atoms with Crippen LogP contribution in [0.1, 0.15) is 63.4 Å². The molecule has 0 radical (unpaired) electrons. The zero-order valence-electron chi connectivity index (χ0n) is 22.9. The first-order valence-electron chi connectivity index (χ1n) is 14.2. The fourth-order valence-electron chi connectivity index (χ4n) is 4.26. The van der Waals surface area contributed by atoms with Gasteiger partial charge in [0.2, 0.25) is 5.91 Å². The molecule has 1 aliphatic carbocycles. The summed E-state index contributed by atoms with van der Waals surface area (Å²) < 4.78 is 21.9. The molecule has 2 rings (SSSR count). The summed E-state index contributed by atoms with van der Waals surface area (Å²) in [5, 5.41) is 12.1. The summed E-state index contributed by atoms with van der Waals surface area (Å²) in [5.41, 5.74) is 1.06. The summed E-state index contributed by atoms with van der Waals surface area (Å²) in [6.45, 7) is 4.37. The Balaban J connectivity index is 1.27. The van der Waals surface area contributed by atoms with Crippen molar-refractivity contribution in [3.8, 4) is 5.75 Å². The maximum absolute atomic E-state index is 12.2. The van der Waals surface area contributed by atoms with Gasteiger partial charge in [0.1, 0.15) is 11.5 Å². The van der Waals surface area contributed by atoms with Crippen molar-refractivity contribution in [1.82, 2.24) is 5.32 Å². The number of hydrogen-bond donors (Lipinski definition) is 2. The quantitative estimate of drug-likeness (QED) is 0.179. The summed E-state index contributed by atoms with van der Waals surface area (Å²) in [4.78, 5) is 24.0. The molecule has 1 aliphatic rings. The highest BCUT2D eigenvalue weighted by molar-refractivity contribution is 5.78. The lowest BCUT2D eigenvalue weighted by atomic mass is 9.89. The number of allylic oxidation sites excluding steroid dienone is 2. The minimum atomic E-state index is -0.0464. The van der Waals surface area contributed by atoms with Gasteiger partial charge < -0.3 is 29.4 Å². The van der Waals surface area contributed by atoms with E-state index in [2.05, 4.69) is 17.5 Å². The van der Waals surface area contributed by atoms with Crippen molar-refractivity contribution in [3.05, 3.63) is 42.0 Å². The van der Waals surface area contributed by atoms with Crippen molar-refractivity contribution < 1.29 is 33.6 Å². The Hall–Kier alpha value is -2.26. The van der Waals surface area contributed by atoms with Crippen molar-refractivity contribution >= 4 is 11.7 Å². The molecule has 1 unspecified atom stereocenters. The van der Waals surface area contributed by atoms with E-state index < -0.39 is 0 Å². The minimum Gasteiger partial charge on any atom is -0.508 e. The number of amides is 1. The number of carbonyl (C=O) groups excluding carboxylic acids is 2. The Morgan fingerprint density at radius 1 is 0.789 bits per heavy atom. The van der Waals surface area contributed by atoms with Crippen molar-refractivity contribution in [2.75, 3.05) is 59.4 Å². The van der Waals surface area contributed by atoms with E-state index in [-0.39, 0.29) is 11.7 Å². The standard InChI is InChI=1S/C30H47NO7/c32-28-12-10-26(11-13-28)14-16-31-30(34)15-18-36-20-22-38-24-23-37-21-19-35-17-6-9-29(33)25-27-7-4-2-1-3-5-8-27/h1-2,10-13,27,32H,3-9,14-25H2,(H,31,34)/b2-1+. The molecule has 2 N–H and O–H groups in total. The second kappa shape index (κ2) is 21.6. The highest BCUT2D eigenvalue weighted by Gasteiger charge is 2.14. The highest BCUT2D eigenvalue weighted by Crippen LogP contribution is 2.22. The van der Waals surface area contributed by atoms with Gasteiger partial charge in [0.15, 0.2) is 0 Å². The first-order chi connectivity index (χ1) is 18.6. The van der Waals surface area contributed by atoms with Gasteiger partial charge in [-0.1, -0.05) is 24.3 Å². The smallest absolute Gasteiger partial charge is 0.222 e. The molecular weight excluding hydrogens is 486 g/mol. The Bertz CT molecular complexity index is 781. The van der Waals surface area contributed by atoms with E-state index in [4.69, 9.17) is 18.9 Å². The molecule has 0 saturated heterocycles. The molecular formula is C30H47NO7. The topological polar surface area (TPSA) is 103 Å². The van der Waals surface area contributed by atoms with Crippen LogP contribution in [0.2, 0.25) is 0 Å². The van der Waals surface area contributed by atoms with Crippen LogP contribution in [-0.4, -0.2) is 76.2 Å². The number of carbonyl (C=O) groups is 2. The first kappa shape index (κ1) is 32.0. The van der Waals surface area contributed by atoms with Crippen LogP contribution in [0.15, 0.2) is 36.4 Å². The van der Waals surface area contributed by atoms with Crippen LogP contribution in [0.25, 0.3) is 0 Å². The summed E-state index contributed by atoms with van der Waals surface area (Å²) in [6.07, 6.45) is 13.4. The number of rotatable bonds is 21. The monoisotopic (exact) mass is 533 g/mol. The number of nitrogens with one attached hydrogen (secondary N) is 1. The third-order valence-electron chi connectivity index (χ3n) is 6.41. The molecule has 38 heavy (non-hydrogen) atoms. The van der Waals surface area contributed by atoms with Gasteiger partial charge in [-0.25, -0.2) is 0 Å². The molecule has 0 spiro atoms. The fourth-order valence-corrected chi connectivity index (χ4v) is 4.26. The van der Waals surface area contributed by atoms with Gasteiger partial charge in [0.25, 0.3) is 0 Å². The SMILES string of the molecule is O=C(CCCOCCOCCOCCOCCC(=O)NCCc1ccc(O)cc1)CC1CC/C=C/CCC1. The van der Waals surface area contributed by atoms with Crippen LogP contribution in [0.4, 0.5) is 0 Å². The normalized spacial score (nSPS) is 16.5. The van der Waals surface area contributed by atoms with Crippen LogP contribution in [0.3, 0.4) is 0 Å². The molecule has 8 heteroatoms. The van der Waals surface area contributed by atoms with Gasteiger partial charge >= 0.3 is 0 Å². The lowest BCUT2D eigenvalue weighted by molar-refractivity contribution is -0.122. The lowest BCUT2D eigenvalue weighted by Crippen LogP contribution is -2.26. The summed E-state index contributed by atoms with van der Waals surface area (Å²) >= 11 is 0. The van der Waals surface area contributed by atoms with Crippen LogP contribution in [0, 0.1) is 5.92 Å². The molecule has 0 saturated carbocycles. The average molecular weight is 534 g/mol. The van der Waals surface area contributed by atoms with E-state index >= 15 is 0 Å². The van der Waals surface area contributed by atoms with E-state index in [1.807, 2.05) is 12.1 Å². The molecule has 0 bridgehead atoms. The molecule has 0 fully saturated rings. The summed E-state index contributed by atoms with van der Waals surface area (Å²) in [7, 11) is 0. The third kappa shape index (κ3) is 17.3. The zero-order chi connectivity index (χ0) is 27.1. The molecule has 1 aromatic carbocycles. The van der Waals surface area contributed by atoms with Crippen LogP contribution in [-0.2, 0) is 35.0 Å². The van der Waals surface area contributed by atoms with Gasteiger partial charge in [0.05, 0.1) is 46.2 Å². The number of aromatic hydroxyl groups is 1. The molecule has 1 aromatic rings. The van der Waals surface area contributed by atoms with E-state index in [1.54, 1.807) is 12.1 Å². The number of hydrogen-bond acceptors (Lipinski definition) is 7.